The van der Waals surface area contributed by atoms with Gasteiger partial charge in [0.2, 0.25) is 0 Å². The maximum Gasteiger partial charge on any atom is 0.269 e. The Kier molecular flexibility index (Phi) is 6.08. The van der Waals surface area contributed by atoms with Gasteiger partial charge in [-0.3, -0.25) is 10.1 Å². The van der Waals surface area contributed by atoms with Crippen LogP contribution in [-0.4, -0.2) is 11.5 Å². The summed E-state index contributed by atoms with van der Waals surface area (Å²) in [4.78, 5) is 10.2. The van der Waals surface area contributed by atoms with Gasteiger partial charge in [0.25, 0.3) is 5.69 Å². The highest BCUT2D eigenvalue weighted by atomic mass is 16.6. The van der Waals surface area contributed by atoms with Gasteiger partial charge in [-0.25, -0.2) is 0 Å². The highest BCUT2D eigenvalue weighted by Gasteiger charge is 2.12. The van der Waals surface area contributed by atoms with Gasteiger partial charge in [-0.15, -0.1) is 6.58 Å². The van der Waals surface area contributed by atoms with Crippen LogP contribution in [0, 0.1) is 10.1 Å². The summed E-state index contributed by atoms with van der Waals surface area (Å²) in [5.41, 5.74) is 1.06. The molecule has 0 aliphatic heterocycles. The first kappa shape index (κ1) is 14.4. The Bertz CT molecular complexity index is 387. The van der Waals surface area contributed by atoms with Crippen molar-refractivity contribution in [3.8, 4) is 0 Å². The fourth-order valence-corrected chi connectivity index (χ4v) is 1.63. The van der Waals surface area contributed by atoms with Crippen LogP contribution >= 0.6 is 0 Å². The zero-order valence-electron chi connectivity index (χ0n) is 10.7. The standard InChI is InChI=1S/C14H19NO3/c1-3-5-11-18-14(6-4-2)12-7-9-13(10-8-12)15(16)17/h4,7-10,14H,2-3,5-6,11H2,1H3. The fourth-order valence-electron chi connectivity index (χ4n) is 1.63. The van der Waals surface area contributed by atoms with E-state index < -0.39 is 4.92 Å². The van der Waals surface area contributed by atoms with E-state index in [2.05, 4.69) is 13.5 Å². The average Bonchev–Trinajstić information content (AvgIpc) is 2.38. The van der Waals surface area contributed by atoms with Crippen LogP contribution in [-0.2, 0) is 4.74 Å². The van der Waals surface area contributed by atoms with Gasteiger partial charge in [0, 0.05) is 18.7 Å². The van der Waals surface area contributed by atoms with Crippen molar-refractivity contribution in [1.82, 2.24) is 0 Å². The number of nitro benzene ring substituents is 1. The molecule has 1 aromatic carbocycles. The Hall–Kier alpha value is -1.68. The molecule has 0 aromatic heterocycles. The van der Waals surface area contributed by atoms with Gasteiger partial charge >= 0.3 is 0 Å². The molecule has 4 heteroatoms. The largest absolute Gasteiger partial charge is 0.373 e. The molecule has 0 N–H and O–H groups in total. The zero-order valence-corrected chi connectivity index (χ0v) is 10.7. The van der Waals surface area contributed by atoms with Crippen LogP contribution in [0.3, 0.4) is 0 Å². The summed E-state index contributed by atoms with van der Waals surface area (Å²) in [6.07, 6.45) is 4.55. The van der Waals surface area contributed by atoms with E-state index in [9.17, 15) is 10.1 Å². The van der Waals surface area contributed by atoms with Gasteiger partial charge in [0.15, 0.2) is 0 Å². The van der Waals surface area contributed by atoms with Gasteiger partial charge in [0.1, 0.15) is 0 Å². The van der Waals surface area contributed by atoms with Crippen molar-refractivity contribution in [2.75, 3.05) is 6.61 Å². The molecule has 18 heavy (non-hydrogen) atoms. The summed E-state index contributed by atoms with van der Waals surface area (Å²) in [6.45, 7) is 6.52. The summed E-state index contributed by atoms with van der Waals surface area (Å²) in [5, 5.41) is 10.6. The molecular weight excluding hydrogens is 230 g/mol. The number of hydrogen-bond donors (Lipinski definition) is 0. The minimum absolute atomic E-state index is 0.0603. The third kappa shape index (κ3) is 4.30. The van der Waals surface area contributed by atoms with Crippen molar-refractivity contribution in [3.63, 3.8) is 0 Å². The van der Waals surface area contributed by atoms with Crippen LogP contribution in [0.4, 0.5) is 5.69 Å². The molecule has 1 unspecified atom stereocenters. The maximum absolute atomic E-state index is 10.6. The molecule has 0 amide bonds. The minimum Gasteiger partial charge on any atom is -0.373 e. The van der Waals surface area contributed by atoms with Crippen LogP contribution in [0.2, 0.25) is 0 Å². The molecule has 1 rings (SSSR count). The van der Waals surface area contributed by atoms with Gasteiger partial charge in [-0.05, 0) is 30.5 Å². The van der Waals surface area contributed by atoms with Gasteiger partial charge in [-0.2, -0.15) is 0 Å². The Morgan fingerprint density at radius 1 is 1.44 bits per heavy atom. The second-order valence-electron chi connectivity index (χ2n) is 4.09. The van der Waals surface area contributed by atoms with Crippen LogP contribution < -0.4 is 0 Å². The fraction of sp³-hybridized carbons (Fsp3) is 0.429. The van der Waals surface area contributed by atoms with Crippen molar-refractivity contribution in [1.29, 1.82) is 0 Å². The van der Waals surface area contributed by atoms with E-state index in [1.807, 2.05) is 0 Å². The lowest BCUT2D eigenvalue weighted by Crippen LogP contribution is -2.05. The third-order valence-corrected chi connectivity index (χ3v) is 2.67. The molecule has 1 atom stereocenters. The van der Waals surface area contributed by atoms with E-state index in [1.165, 1.54) is 12.1 Å². The number of nitro groups is 1. The monoisotopic (exact) mass is 249 g/mol. The van der Waals surface area contributed by atoms with Crippen LogP contribution in [0.15, 0.2) is 36.9 Å². The van der Waals surface area contributed by atoms with E-state index in [0.717, 1.165) is 18.4 Å². The molecule has 0 spiro atoms. The summed E-state index contributed by atoms with van der Waals surface area (Å²) < 4.78 is 5.77. The predicted molar refractivity (Wildman–Crippen MR) is 71.5 cm³/mol. The number of hydrogen-bond acceptors (Lipinski definition) is 3. The first-order chi connectivity index (χ1) is 8.69. The molecular formula is C14H19NO3. The second kappa shape index (κ2) is 7.61. The quantitative estimate of drug-likeness (QED) is 0.302. The Balaban J connectivity index is 2.71. The molecule has 0 saturated heterocycles. The molecule has 0 saturated carbocycles. The van der Waals surface area contributed by atoms with Crippen molar-refractivity contribution >= 4 is 5.69 Å². The molecule has 0 fully saturated rings. The Morgan fingerprint density at radius 3 is 2.61 bits per heavy atom. The van der Waals surface area contributed by atoms with E-state index in [0.29, 0.717) is 13.0 Å². The first-order valence-corrected chi connectivity index (χ1v) is 6.16. The summed E-state index contributed by atoms with van der Waals surface area (Å²) >= 11 is 0. The van der Waals surface area contributed by atoms with Crippen LogP contribution in [0.25, 0.3) is 0 Å². The first-order valence-electron chi connectivity index (χ1n) is 6.16. The van der Waals surface area contributed by atoms with Gasteiger partial charge in [0.05, 0.1) is 11.0 Å². The Morgan fingerprint density at radius 2 is 2.11 bits per heavy atom. The summed E-state index contributed by atoms with van der Waals surface area (Å²) in [5.74, 6) is 0. The van der Waals surface area contributed by atoms with Crippen LogP contribution in [0.1, 0.15) is 37.9 Å². The average molecular weight is 249 g/mol. The third-order valence-electron chi connectivity index (χ3n) is 2.67. The Labute approximate surface area is 107 Å². The summed E-state index contributed by atoms with van der Waals surface area (Å²) in [7, 11) is 0. The lowest BCUT2D eigenvalue weighted by molar-refractivity contribution is -0.384. The highest BCUT2D eigenvalue weighted by Crippen LogP contribution is 2.24. The topological polar surface area (TPSA) is 52.4 Å². The maximum atomic E-state index is 10.6. The van der Waals surface area contributed by atoms with E-state index in [-0.39, 0.29) is 11.8 Å². The minimum atomic E-state index is -0.399. The smallest absolute Gasteiger partial charge is 0.269 e. The number of benzene rings is 1. The SMILES string of the molecule is C=CCC(OCCCC)c1ccc([N+](=O)[O-])cc1. The zero-order chi connectivity index (χ0) is 13.4. The number of rotatable bonds is 8. The lowest BCUT2D eigenvalue weighted by atomic mass is 10.1. The normalized spacial score (nSPS) is 12.1. The molecule has 0 aliphatic rings. The molecule has 4 nitrogen and oxygen atoms in total. The second-order valence-corrected chi connectivity index (χ2v) is 4.09. The van der Waals surface area contributed by atoms with Crippen molar-refractivity contribution in [2.24, 2.45) is 0 Å². The number of ether oxygens (including phenoxy) is 1. The molecule has 0 heterocycles. The molecule has 0 aliphatic carbocycles. The molecule has 0 bridgehead atoms. The number of nitrogens with zero attached hydrogens (tertiary/aromatic N) is 1. The van der Waals surface area contributed by atoms with E-state index in [1.54, 1.807) is 18.2 Å². The van der Waals surface area contributed by atoms with Gasteiger partial charge in [-0.1, -0.05) is 19.4 Å². The van der Waals surface area contributed by atoms with E-state index in [4.69, 9.17) is 4.74 Å². The number of unbranched alkanes of at least 4 members (excludes halogenated alkanes) is 1. The van der Waals surface area contributed by atoms with Crippen molar-refractivity contribution in [2.45, 2.75) is 32.3 Å². The molecule has 98 valence electrons. The predicted octanol–water partition coefficient (Wildman–Crippen LogP) is 4.03. The van der Waals surface area contributed by atoms with Gasteiger partial charge < -0.3 is 4.74 Å². The number of non-ortho nitro benzene ring substituents is 1. The van der Waals surface area contributed by atoms with Crippen LogP contribution in [0.5, 0.6) is 0 Å². The van der Waals surface area contributed by atoms with Crippen molar-refractivity contribution < 1.29 is 9.66 Å². The summed E-state index contributed by atoms with van der Waals surface area (Å²) in [6, 6.07) is 6.51. The lowest BCUT2D eigenvalue weighted by Gasteiger charge is -2.16. The van der Waals surface area contributed by atoms with E-state index >= 15 is 0 Å². The molecule has 0 radical (unpaired) electrons. The van der Waals surface area contributed by atoms with Crippen molar-refractivity contribution in [3.05, 3.63) is 52.6 Å². The highest BCUT2D eigenvalue weighted by molar-refractivity contribution is 5.34. The molecule has 1 aromatic rings.